The van der Waals surface area contributed by atoms with Crippen LogP contribution in [0.15, 0.2) is 51.4 Å². The second-order valence-electron chi connectivity index (χ2n) is 4.62. The van der Waals surface area contributed by atoms with Gasteiger partial charge < -0.3 is 10.1 Å². The molecule has 4 heteroatoms. The normalized spacial score (nSPS) is 12.2. The van der Waals surface area contributed by atoms with E-state index in [-0.39, 0.29) is 6.04 Å². The van der Waals surface area contributed by atoms with Crippen molar-refractivity contribution < 1.29 is 4.74 Å². The first kappa shape index (κ1) is 15.5. The van der Waals surface area contributed by atoms with Crippen LogP contribution < -0.4 is 5.32 Å². The minimum absolute atomic E-state index is 0.204. The molecule has 0 fully saturated rings. The van der Waals surface area contributed by atoms with Crippen LogP contribution in [0.3, 0.4) is 0 Å². The number of benzene rings is 2. The summed E-state index contributed by atoms with van der Waals surface area (Å²) in [6, 6.07) is 14.7. The second-order valence-corrected chi connectivity index (χ2v) is 6.39. The largest absolute Gasteiger partial charge is 0.380 e. The van der Waals surface area contributed by atoms with E-state index in [4.69, 9.17) is 4.74 Å². The summed E-state index contributed by atoms with van der Waals surface area (Å²) in [6.45, 7) is 2.76. The van der Waals surface area contributed by atoms with Crippen LogP contribution in [-0.4, -0.2) is 7.11 Å². The van der Waals surface area contributed by atoms with Crippen LogP contribution in [0.4, 0.5) is 5.69 Å². The first-order chi connectivity index (χ1) is 9.61. The molecular weight excluding hydrogens is 382 g/mol. The van der Waals surface area contributed by atoms with Crippen LogP contribution in [0.2, 0.25) is 0 Å². The molecule has 2 aromatic rings. The highest BCUT2D eigenvalue weighted by atomic mass is 79.9. The van der Waals surface area contributed by atoms with Crippen LogP contribution in [0.25, 0.3) is 0 Å². The van der Waals surface area contributed by atoms with Gasteiger partial charge in [-0.25, -0.2) is 0 Å². The highest BCUT2D eigenvalue weighted by Crippen LogP contribution is 2.30. The lowest BCUT2D eigenvalue weighted by Gasteiger charge is -2.19. The molecule has 0 radical (unpaired) electrons. The van der Waals surface area contributed by atoms with Crippen molar-refractivity contribution in [1.29, 1.82) is 0 Å². The van der Waals surface area contributed by atoms with Crippen molar-refractivity contribution in [3.8, 4) is 0 Å². The van der Waals surface area contributed by atoms with E-state index in [9.17, 15) is 0 Å². The number of ether oxygens (including phenoxy) is 1. The zero-order chi connectivity index (χ0) is 14.5. The molecule has 1 atom stereocenters. The van der Waals surface area contributed by atoms with Gasteiger partial charge in [0.2, 0.25) is 0 Å². The molecule has 0 aromatic heterocycles. The SMILES string of the molecule is COCc1ccccc1NC(C)c1ccc(Br)cc1Br. The molecule has 0 saturated carbocycles. The van der Waals surface area contributed by atoms with Crippen molar-refractivity contribution >= 4 is 37.5 Å². The van der Waals surface area contributed by atoms with Crippen molar-refractivity contribution in [2.24, 2.45) is 0 Å². The average Bonchev–Trinajstić information content (AvgIpc) is 2.41. The van der Waals surface area contributed by atoms with E-state index < -0.39 is 0 Å². The van der Waals surface area contributed by atoms with E-state index in [2.05, 4.69) is 74.4 Å². The molecule has 2 nitrogen and oxygen atoms in total. The van der Waals surface area contributed by atoms with Gasteiger partial charge in [-0.15, -0.1) is 0 Å². The molecular formula is C16H17Br2NO. The zero-order valence-electron chi connectivity index (χ0n) is 11.5. The van der Waals surface area contributed by atoms with E-state index in [1.54, 1.807) is 7.11 Å². The van der Waals surface area contributed by atoms with Crippen LogP contribution in [0.1, 0.15) is 24.1 Å². The molecule has 1 unspecified atom stereocenters. The van der Waals surface area contributed by atoms with Crippen LogP contribution >= 0.6 is 31.9 Å². The zero-order valence-corrected chi connectivity index (χ0v) is 14.7. The third-order valence-corrected chi connectivity index (χ3v) is 4.30. The van der Waals surface area contributed by atoms with E-state index in [1.165, 1.54) is 5.56 Å². The van der Waals surface area contributed by atoms with E-state index in [0.29, 0.717) is 6.61 Å². The Bertz CT molecular complexity index is 586. The summed E-state index contributed by atoms with van der Waals surface area (Å²) in [5.41, 5.74) is 3.49. The first-order valence-corrected chi connectivity index (χ1v) is 7.98. The Balaban J connectivity index is 2.21. The minimum atomic E-state index is 0.204. The summed E-state index contributed by atoms with van der Waals surface area (Å²) in [6.07, 6.45) is 0. The number of methoxy groups -OCH3 is 1. The molecule has 0 saturated heterocycles. The van der Waals surface area contributed by atoms with Gasteiger partial charge >= 0.3 is 0 Å². The van der Waals surface area contributed by atoms with Gasteiger partial charge in [0.05, 0.1) is 6.61 Å². The number of para-hydroxylation sites is 1. The first-order valence-electron chi connectivity index (χ1n) is 6.40. The lowest BCUT2D eigenvalue weighted by atomic mass is 10.1. The number of anilines is 1. The maximum Gasteiger partial charge on any atom is 0.0733 e. The molecule has 0 bridgehead atoms. The van der Waals surface area contributed by atoms with Crippen LogP contribution in [-0.2, 0) is 11.3 Å². The molecule has 20 heavy (non-hydrogen) atoms. The molecule has 106 valence electrons. The fourth-order valence-electron chi connectivity index (χ4n) is 2.11. The summed E-state index contributed by atoms with van der Waals surface area (Å²) >= 11 is 7.09. The summed E-state index contributed by atoms with van der Waals surface area (Å²) in [5.74, 6) is 0. The van der Waals surface area contributed by atoms with Crippen LogP contribution in [0.5, 0.6) is 0 Å². The Labute approximate surface area is 136 Å². The van der Waals surface area contributed by atoms with Gasteiger partial charge in [0.15, 0.2) is 0 Å². The Morgan fingerprint density at radius 1 is 1.15 bits per heavy atom. The van der Waals surface area contributed by atoms with Gasteiger partial charge in [-0.2, -0.15) is 0 Å². The van der Waals surface area contributed by atoms with Gasteiger partial charge in [0, 0.05) is 33.3 Å². The molecule has 0 heterocycles. The lowest BCUT2D eigenvalue weighted by Crippen LogP contribution is -2.09. The van der Waals surface area contributed by atoms with Gasteiger partial charge in [0.1, 0.15) is 0 Å². The Morgan fingerprint density at radius 3 is 2.60 bits per heavy atom. The molecule has 0 aliphatic rings. The van der Waals surface area contributed by atoms with Gasteiger partial charge in [-0.1, -0.05) is 56.1 Å². The Kier molecular flexibility index (Phi) is 5.64. The Morgan fingerprint density at radius 2 is 1.90 bits per heavy atom. The molecule has 2 aromatic carbocycles. The summed E-state index contributed by atoms with van der Waals surface area (Å²) < 4.78 is 7.40. The van der Waals surface area contributed by atoms with Crippen molar-refractivity contribution in [2.75, 3.05) is 12.4 Å². The second kappa shape index (κ2) is 7.25. The minimum Gasteiger partial charge on any atom is -0.380 e. The molecule has 2 rings (SSSR count). The van der Waals surface area contributed by atoms with E-state index in [1.807, 2.05) is 12.1 Å². The molecule has 0 aliphatic carbocycles. The van der Waals surface area contributed by atoms with E-state index in [0.717, 1.165) is 20.2 Å². The molecule has 0 spiro atoms. The van der Waals surface area contributed by atoms with E-state index >= 15 is 0 Å². The van der Waals surface area contributed by atoms with Crippen molar-refractivity contribution in [2.45, 2.75) is 19.6 Å². The fraction of sp³-hybridized carbons (Fsp3) is 0.250. The van der Waals surface area contributed by atoms with Crippen molar-refractivity contribution in [3.05, 3.63) is 62.5 Å². The van der Waals surface area contributed by atoms with Crippen molar-refractivity contribution in [1.82, 2.24) is 0 Å². The van der Waals surface area contributed by atoms with Gasteiger partial charge in [0.25, 0.3) is 0 Å². The maximum absolute atomic E-state index is 5.24. The lowest BCUT2D eigenvalue weighted by molar-refractivity contribution is 0.185. The summed E-state index contributed by atoms with van der Waals surface area (Å²) in [7, 11) is 1.71. The summed E-state index contributed by atoms with van der Waals surface area (Å²) in [4.78, 5) is 0. The average molecular weight is 399 g/mol. The number of nitrogens with one attached hydrogen (secondary N) is 1. The smallest absolute Gasteiger partial charge is 0.0733 e. The highest BCUT2D eigenvalue weighted by Gasteiger charge is 2.11. The molecule has 1 N–H and O–H groups in total. The van der Waals surface area contributed by atoms with Crippen LogP contribution in [0, 0.1) is 0 Å². The number of hydrogen-bond donors (Lipinski definition) is 1. The van der Waals surface area contributed by atoms with Gasteiger partial charge in [-0.05, 0) is 30.7 Å². The predicted octanol–water partition coefficient (Wildman–Crippen LogP) is 5.53. The van der Waals surface area contributed by atoms with Gasteiger partial charge in [-0.3, -0.25) is 0 Å². The monoisotopic (exact) mass is 397 g/mol. The quantitative estimate of drug-likeness (QED) is 0.714. The summed E-state index contributed by atoms with van der Waals surface area (Å²) in [5, 5.41) is 3.55. The molecule has 0 aliphatic heterocycles. The number of hydrogen-bond acceptors (Lipinski definition) is 2. The maximum atomic E-state index is 5.24. The van der Waals surface area contributed by atoms with Crippen molar-refractivity contribution in [3.63, 3.8) is 0 Å². The molecule has 0 amide bonds. The Hall–Kier alpha value is -0.840. The fourth-order valence-corrected chi connectivity index (χ4v) is 3.50. The topological polar surface area (TPSA) is 21.3 Å². The third kappa shape index (κ3) is 3.84. The number of halogens is 2. The standard InChI is InChI=1S/C16H17Br2NO/c1-11(14-8-7-13(17)9-15(14)18)19-16-6-4-3-5-12(16)10-20-2/h3-9,11,19H,10H2,1-2H3. The highest BCUT2D eigenvalue weighted by molar-refractivity contribution is 9.11. The third-order valence-electron chi connectivity index (χ3n) is 3.12. The number of rotatable bonds is 5. The predicted molar refractivity (Wildman–Crippen MR) is 91.0 cm³/mol.